The maximum absolute atomic E-state index is 8.99. The number of nitrogens with one attached hydrogen (secondary N) is 1. The van der Waals surface area contributed by atoms with Crippen LogP contribution >= 0.6 is 0 Å². The summed E-state index contributed by atoms with van der Waals surface area (Å²) < 4.78 is 0. The average Bonchev–Trinajstić information content (AvgIpc) is 3.25. The molecule has 3 rings (SSSR count). The molecule has 0 saturated heterocycles. The second-order valence-corrected chi connectivity index (χ2v) is 5.10. The van der Waals surface area contributed by atoms with Crippen molar-refractivity contribution in [3.05, 3.63) is 41.2 Å². The van der Waals surface area contributed by atoms with E-state index in [-0.39, 0.29) is 17.4 Å². The minimum atomic E-state index is -0.108. The number of nitrogens with two attached hydrogens (primary N) is 2. The number of nitrogens with zero attached hydrogens (tertiary/aromatic N) is 4. The van der Waals surface area contributed by atoms with E-state index in [0.717, 1.165) is 18.4 Å². The van der Waals surface area contributed by atoms with Gasteiger partial charge in [0.05, 0.1) is 18.2 Å². The normalized spacial score (nSPS) is 15.4. The lowest BCUT2D eigenvalue weighted by Gasteiger charge is -2.17. The van der Waals surface area contributed by atoms with E-state index in [2.05, 4.69) is 26.3 Å². The Balaban J connectivity index is 1.76. The molecule has 1 aromatic heterocycles. The summed E-state index contributed by atoms with van der Waals surface area (Å²) in [6.45, 7) is 0.452. The van der Waals surface area contributed by atoms with Gasteiger partial charge < -0.3 is 16.8 Å². The van der Waals surface area contributed by atoms with Gasteiger partial charge in [0, 0.05) is 5.54 Å². The standard InChI is InChI=1S/C14H15N7/c15-7-9-2-1-3-10(6-9)14(4-5-14)18-8-11-19-12(16)21-13(17)20-11/h1-3,6,18H,4-5,8H2,(H4,16,17,19,20,21). The van der Waals surface area contributed by atoms with Crippen LogP contribution in [0.1, 0.15) is 29.8 Å². The largest absolute Gasteiger partial charge is 0.368 e. The van der Waals surface area contributed by atoms with Gasteiger partial charge in [-0.3, -0.25) is 0 Å². The first-order valence-electron chi connectivity index (χ1n) is 6.63. The van der Waals surface area contributed by atoms with Gasteiger partial charge in [0.15, 0.2) is 0 Å². The van der Waals surface area contributed by atoms with Crippen molar-refractivity contribution in [2.24, 2.45) is 0 Å². The summed E-state index contributed by atoms with van der Waals surface area (Å²) in [4.78, 5) is 11.9. The molecule has 0 bridgehead atoms. The second-order valence-electron chi connectivity index (χ2n) is 5.10. The number of hydrogen-bond donors (Lipinski definition) is 3. The van der Waals surface area contributed by atoms with E-state index in [1.807, 2.05) is 18.2 Å². The van der Waals surface area contributed by atoms with Crippen LogP contribution in [0.5, 0.6) is 0 Å². The van der Waals surface area contributed by atoms with Crippen LogP contribution in [0.25, 0.3) is 0 Å². The molecule has 1 saturated carbocycles. The highest BCUT2D eigenvalue weighted by Gasteiger charge is 2.44. The summed E-state index contributed by atoms with van der Waals surface area (Å²) in [6.07, 6.45) is 2.02. The molecule has 2 aromatic rings. The molecule has 1 aliphatic carbocycles. The van der Waals surface area contributed by atoms with E-state index in [1.165, 1.54) is 0 Å². The fourth-order valence-corrected chi connectivity index (χ4v) is 2.36. The van der Waals surface area contributed by atoms with Gasteiger partial charge in [-0.1, -0.05) is 12.1 Å². The van der Waals surface area contributed by atoms with Gasteiger partial charge in [-0.2, -0.15) is 20.2 Å². The van der Waals surface area contributed by atoms with E-state index >= 15 is 0 Å². The third-order valence-corrected chi connectivity index (χ3v) is 3.60. The Kier molecular flexibility index (Phi) is 3.16. The van der Waals surface area contributed by atoms with Crippen LogP contribution in [0.15, 0.2) is 24.3 Å². The summed E-state index contributed by atoms with van der Waals surface area (Å²) in [7, 11) is 0. The van der Waals surface area contributed by atoms with E-state index in [0.29, 0.717) is 17.9 Å². The molecule has 5 N–H and O–H groups in total. The fourth-order valence-electron chi connectivity index (χ4n) is 2.36. The third-order valence-electron chi connectivity index (χ3n) is 3.60. The number of nitrogen functional groups attached to an aromatic ring is 2. The number of hydrogen-bond acceptors (Lipinski definition) is 7. The molecular formula is C14H15N7. The molecule has 0 spiro atoms. The number of anilines is 2. The lowest BCUT2D eigenvalue weighted by atomic mass is 10.0. The van der Waals surface area contributed by atoms with E-state index < -0.39 is 0 Å². The highest BCUT2D eigenvalue weighted by molar-refractivity contribution is 5.39. The first-order chi connectivity index (χ1) is 10.1. The summed E-state index contributed by atoms with van der Waals surface area (Å²) in [5.74, 6) is 0.758. The molecule has 7 nitrogen and oxygen atoms in total. The van der Waals surface area contributed by atoms with E-state index in [4.69, 9.17) is 16.7 Å². The summed E-state index contributed by atoms with van der Waals surface area (Å²) in [5.41, 5.74) is 12.8. The molecule has 0 aliphatic heterocycles. The first-order valence-corrected chi connectivity index (χ1v) is 6.63. The number of benzene rings is 1. The van der Waals surface area contributed by atoms with Crippen molar-refractivity contribution in [3.63, 3.8) is 0 Å². The number of aromatic nitrogens is 3. The average molecular weight is 281 g/mol. The van der Waals surface area contributed by atoms with E-state index in [9.17, 15) is 0 Å². The zero-order valence-corrected chi connectivity index (χ0v) is 11.4. The lowest BCUT2D eigenvalue weighted by molar-refractivity contribution is 0.506. The topological polar surface area (TPSA) is 127 Å². The molecule has 1 aliphatic rings. The number of nitriles is 1. The van der Waals surface area contributed by atoms with Crippen LogP contribution in [0.2, 0.25) is 0 Å². The molecule has 1 fully saturated rings. The van der Waals surface area contributed by atoms with Crippen LogP contribution < -0.4 is 16.8 Å². The van der Waals surface area contributed by atoms with Crippen molar-refractivity contribution >= 4 is 11.9 Å². The summed E-state index contributed by atoms with van der Waals surface area (Å²) >= 11 is 0. The quantitative estimate of drug-likeness (QED) is 0.752. The van der Waals surface area contributed by atoms with Gasteiger partial charge in [0.25, 0.3) is 0 Å². The van der Waals surface area contributed by atoms with Crippen molar-refractivity contribution in [2.45, 2.75) is 24.9 Å². The van der Waals surface area contributed by atoms with Crippen LogP contribution in [0.3, 0.4) is 0 Å². The van der Waals surface area contributed by atoms with Crippen molar-refractivity contribution in [1.82, 2.24) is 20.3 Å². The van der Waals surface area contributed by atoms with Crippen molar-refractivity contribution in [3.8, 4) is 6.07 Å². The molecule has 0 atom stereocenters. The van der Waals surface area contributed by atoms with Crippen LogP contribution in [-0.2, 0) is 12.1 Å². The van der Waals surface area contributed by atoms with Crippen LogP contribution in [0.4, 0.5) is 11.9 Å². The highest BCUT2D eigenvalue weighted by Crippen LogP contribution is 2.45. The molecule has 0 unspecified atom stereocenters. The smallest absolute Gasteiger partial charge is 0.225 e. The van der Waals surface area contributed by atoms with Gasteiger partial charge in [-0.25, -0.2) is 0 Å². The Hall–Kier alpha value is -2.72. The molecule has 1 heterocycles. The predicted molar refractivity (Wildman–Crippen MR) is 77.6 cm³/mol. The van der Waals surface area contributed by atoms with Gasteiger partial charge in [0.1, 0.15) is 5.82 Å². The summed E-state index contributed by atoms with van der Waals surface area (Å²) in [5, 5.41) is 12.4. The molecular weight excluding hydrogens is 266 g/mol. The minimum absolute atomic E-state index is 0.108. The Morgan fingerprint density at radius 3 is 2.52 bits per heavy atom. The Bertz CT molecular complexity index is 695. The zero-order chi connectivity index (χ0) is 14.9. The molecule has 0 amide bonds. The molecule has 106 valence electrons. The maximum atomic E-state index is 8.99. The SMILES string of the molecule is N#Cc1cccc(C2(NCc3nc(N)nc(N)n3)CC2)c1. The van der Waals surface area contributed by atoms with Gasteiger partial charge >= 0.3 is 0 Å². The monoisotopic (exact) mass is 281 g/mol. The van der Waals surface area contributed by atoms with Crippen LogP contribution in [-0.4, -0.2) is 15.0 Å². The Morgan fingerprint density at radius 1 is 1.19 bits per heavy atom. The lowest BCUT2D eigenvalue weighted by Crippen LogP contribution is -2.29. The van der Waals surface area contributed by atoms with Crippen molar-refractivity contribution < 1.29 is 0 Å². The third kappa shape index (κ3) is 2.75. The number of rotatable bonds is 4. The molecule has 21 heavy (non-hydrogen) atoms. The Morgan fingerprint density at radius 2 is 1.90 bits per heavy atom. The minimum Gasteiger partial charge on any atom is -0.368 e. The fraction of sp³-hybridized carbons (Fsp3) is 0.286. The first kappa shape index (κ1) is 13.3. The highest BCUT2D eigenvalue weighted by atomic mass is 15.2. The maximum Gasteiger partial charge on any atom is 0.225 e. The summed E-state index contributed by atoms with van der Waals surface area (Å²) in [6, 6.07) is 9.80. The Labute approximate surface area is 122 Å². The van der Waals surface area contributed by atoms with E-state index in [1.54, 1.807) is 6.07 Å². The second kappa shape index (κ2) is 5.00. The van der Waals surface area contributed by atoms with Gasteiger partial charge in [-0.15, -0.1) is 0 Å². The van der Waals surface area contributed by atoms with Crippen molar-refractivity contribution in [1.29, 1.82) is 5.26 Å². The van der Waals surface area contributed by atoms with Crippen LogP contribution in [0, 0.1) is 11.3 Å². The zero-order valence-electron chi connectivity index (χ0n) is 11.4. The predicted octanol–water partition coefficient (Wildman–Crippen LogP) is 0.687. The van der Waals surface area contributed by atoms with Gasteiger partial charge in [0.2, 0.25) is 11.9 Å². The van der Waals surface area contributed by atoms with Crippen molar-refractivity contribution in [2.75, 3.05) is 11.5 Å². The molecule has 1 aromatic carbocycles. The van der Waals surface area contributed by atoms with Gasteiger partial charge in [-0.05, 0) is 30.5 Å². The molecule has 7 heteroatoms. The molecule has 0 radical (unpaired) electrons.